The molecule has 0 aliphatic rings. The number of benzene rings is 1. The molecule has 3 aromatic rings. The number of ether oxygens (including phenoxy) is 1. The quantitative estimate of drug-likeness (QED) is 0.583. The molecule has 1 aromatic carbocycles. The van der Waals surface area contributed by atoms with E-state index in [9.17, 15) is 0 Å². The fourth-order valence-corrected chi connectivity index (χ4v) is 2.47. The van der Waals surface area contributed by atoms with E-state index >= 15 is 0 Å². The van der Waals surface area contributed by atoms with Crippen LogP contribution in [-0.4, -0.2) is 16.5 Å². The molecule has 0 fully saturated rings. The van der Waals surface area contributed by atoms with Crippen LogP contribution >= 0.6 is 0 Å². The van der Waals surface area contributed by atoms with Gasteiger partial charge >= 0.3 is 0 Å². The highest BCUT2D eigenvalue weighted by atomic mass is 16.5. The molecule has 3 nitrogen and oxygen atoms in total. The molecular formula is C21H24N2O. The Balaban J connectivity index is 0.00000100. The van der Waals surface area contributed by atoms with Crippen LogP contribution in [0.3, 0.4) is 0 Å². The molecule has 0 atom stereocenters. The van der Waals surface area contributed by atoms with Gasteiger partial charge in [0.15, 0.2) is 0 Å². The predicted octanol–water partition coefficient (Wildman–Crippen LogP) is 5.63. The third-order valence-corrected chi connectivity index (χ3v) is 3.70. The maximum absolute atomic E-state index is 5.24. The number of methoxy groups -OCH3 is 1. The molecule has 0 bridgehead atoms. The van der Waals surface area contributed by atoms with Crippen LogP contribution in [0.15, 0.2) is 67.5 Å². The average Bonchev–Trinajstić information content (AvgIpc) is 3.08. The van der Waals surface area contributed by atoms with Gasteiger partial charge in [-0.25, -0.2) is 4.98 Å². The number of fused-ring (bicyclic) bond motifs is 1. The van der Waals surface area contributed by atoms with Crippen molar-refractivity contribution in [1.82, 2.24) is 9.38 Å². The molecule has 0 radical (unpaired) electrons. The van der Waals surface area contributed by atoms with E-state index in [4.69, 9.17) is 4.74 Å². The molecular weight excluding hydrogens is 296 g/mol. The number of rotatable bonds is 4. The van der Waals surface area contributed by atoms with Gasteiger partial charge in [-0.2, -0.15) is 0 Å². The van der Waals surface area contributed by atoms with Gasteiger partial charge in [0.05, 0.1) is 19.0 Å². The first-order chi connectivity index (χ1) is 11.7. The lowest BCUT2D eigenvalue weighted by Gasteiger charge is -2.02. The lowest BCUT2D eigenvalue weighted by Crippen LogP contribution is -1.86. The highest BCUT2D eigenvalue weighted by Crippen LogP contribution is 2.24. The number of allylic oxidation sites excluding steroid dienone is 3. The zero-order valence-corrected chi connectivity index (χ0v) is 14.8. The van der Waals surface area contributed by atoms with E-state index in [2.05, 4.69) is 41.9 Å². The van der Waals surface area contributed by atoms with E-state index in [1.54, 1.807) is 7.11 Å². The molecule has 0 saturated carbocycles. The van der Waals surface area contributed by atoms with Gasteiger partial charge in [-0.15, -0.1) is 0 Å². The molecule has 0 N–H and O–H groups in total. The van der Waals surface area contributed by atoms with Crippen LogP contribution in [0.25, 0.3) is 22.5 Å². The van der Waals surface area contributed by atoms with Crippen molar-refractivity contribution < 1.29 is 4.74 Å². The van der Waals surface area contributed by atoms with Gasteiger partial charge in [0, 0.05) is 11.8 Å². The summed E-state index contributed by atoms with van der Waals surface area (Å²) in [6, 6.07) is 12.2. The van der Waals surface area contributed by atoms with Crippen molar-refractivity contribution in [2.75, 3.05) is 7.11 Å². The summed E-state index contributed by atoms with van der Waals surface area (Å²) in [6.45, 7) is 9.85. The number of nitrogens with zero attached hydrogens (tertiary/aromatic N) is 2. The maximum atomic E-state index is 5.24. The smallest absolute Gasteiger partial charge is 0.137 e. The molecule has 3 heteroatoms. The number of hydrogen-bond acceptors (Lipinski definition) is 2. The van der Waals surface area contributed by atoms with Crippen molar-refractivity contribution in [2.24, 2.45) is 0 Å². The molecule has 3 rings (SSSR count). The highest BCUT2D eigenvalue weighted by Gasteiger charge is 2.06. The Morgan fingerprint density at radius 2 is 1.79 bits per heavy atom. The standard InChI is InChI=1S/C19H18N2O.C2H6/c1-4-14(5-2)15-6-8-16(9-7-15)18-13-21-12-17(22-3)10-11-19(21)20-18;1-2/h4-13H,1H2,2-3H3;1-2H3/b14-5+;. The Bertz CT molecular complexity index is 842. The van der Waals surface area contributed by atoms with Gasteiger partial charge in [-0.05, 0) is 30.2 Å². The van der Waals surface area contributed by atoms with E-state index < -0.39 is 0 Å². The van der Waals surface area contributed by atoms with Crippen molar-refractivity contribution in [3.8, 4) is 17.0 Å². The second kappa shape index (κ2) is 8.16. The number of imidazole rings is 1. The first-order valence-corrected chi connectivity index (χ1v) is 8.17. The minimum Gasteiger partial charge on any atom is -0.495 e. The molecule has 124 valence electrons. The SMILES string of the molecule is C=C/C(=C\C)c1ccc(-c2cn3cc(OC)ccc3n2)cc1.CC. The molecule has 24 heavy (non-hydrogen) atoms. The molecule has 0 aliphatic heterocycles. The Labute approximate surface area is 143 Å². The van der Waals surface area contributed by atoms with Gasteiger partial charge in [-0.3, -0.25) is 0 Å². The summed E-state index contributed by atoms with van der Waals surface area (Å²) in [5.41, 5.74) is 5.23. The second-order valence-electron chi connectivity index (χ2n) is 4.99. The zero-order valence-electron chi connectivity index (χ0n) is 14.8. The van der Waals surface area contributed by atoms with Gasteiger partial charge in [-0.1, -0.05) is 56.8 Å². The van der Waals surface area contributed by atoms with Crippen LogP contribution < -0.4 is 4.74 Å². The first-order valence-electron chi connectivity index (χ1n) is 8.17. The molecule has 0 spiro atoms. The van der Waals surface area contributed by atoms with E-state index in [1.807, 2.05) is 55.8 Å². The molecule has 2 heterocycles. The second-order valence-corrected chi connectivity index (χ2v) is 4.99. The van der Waals surface area contributed by atoms with Crippen LogP contribution in [0.4, 0.5) is 0 Å². The van der Waals surface area contributed by atoms with Gasteiger partial charge < -0.3 is 9.14 Å². The fourth-order valence-electron chi connectivity index (χ4n) is 2.47. The predicted molar refractivity (Wildman–Crippen MR) is 102 cm³/mol. The molecule has 0 unspecified atom stereocenters. The summed E-state index contributed by atoms with van der Waals surface area (Å²) in [7, 11) is 1.66. The number of aromatic nitrogens is 2. The van der Waals surface area contributed by atoms with Crippen LogP contribution in [0.2, 0.25) is 0 Å². The van der Waals surface area contributed by atoms with Crippen LogP contribution in [0.5, 0.6) is 5.75 Å². The maximum Gasteiger partial charge on any atom is 0.137 e. The Morgan fingerprint density at radius 3 is 2.38 bits per heavy atom. The topological polar surface area (TPSA) is 26.5 Å². The van der Waals surface area contributed by atoms with Gasteiger partial charge in [0.1, 0.15) is 11.4 Å². The van der Waals surface area contributed by atoms with Crippen LogP contribution in [0.1, 0.15) is 26.3 Å². The lowest BCUT2D eigenvalue weighted by atomic mass is 10.0. The van der Waals surface area contributed by atoms with Crippen LogP contribution in [-0.2, 0) is 0 Å². The summed E-state index contributed by atoms with van der Waals surface area (Å²) >= 11 is 0. The summed E-state index contributed by atoms with van der Waals surface area (Å²) in [5, 5.41) is 0. The Kier molecular flexibility index (Phi) is 5.96. The zero-order chi connectivity index (χ0) is 17.5. The third kappa shape index (κ3) is 3.57. The fraction of sp³-hybridized carbons (Fsp3) is 0.190. The molecule has 0 aliphatic carbocycles. The summed E-state index contributed by atoms with van der Waals surface area (Å²) < 4.78 is 7.22. The molecule has 0 amide bonds. The molecule has 0 saturated heterocycles. The monoisotopic (exact) mass is 320 g/mol. The Morgan fingerprint density at radius 1 is 1.08 bits per heavy atom. The van der Waals surface area contributed by atoms with E-state index in [1.165, 1.54) is 0 Å². The van der Waals surface area contributed by atoms with Crippen molar-refractivity contribution in [3.05, 3.63) is 73.1 Å². The highest BCUT2D eigenvalue weighted by molar-refractivity contribution is 5.75. The summed E-state index contributed by atoms with van der Waals surface area (Å²) in [6.07, 6.45) is 7.86. The van der Waals surface area contributed by atoms with Crippen molar-refractivity contribution in [1.29, 1.82) is 0 Å². The first kappa shape index (κ1) is 17.5. The third-order valence-electron chi connectivity index (χ3n) is 3.70. The van der Waals surface area contributed by atoms with Crippen LogP contribution in [0, 0.1) is 0 Å². The average molecular weight is 320 g/mol. The largest absolute Gasteiger partial charge is 0.495 e. The Hall–Kier alpha value is -2.81. The van der Waals surface area contributed by atoms with E-state index in [0.29, 0.717) is 0 Å². The van der Waals surface area contributed by atoms with Crippen molar-refractivity contribution in [2.45, 2.75) is 20.8 Å². The summed E-state index contributed by atoms with van der Waals surface area (Å²) in [5.74, 6) is 0.815. The molecule has 2 aromatic heterocycles. The summed E-state index contributed by atoms with van der Waals surface area (Å²) in [4.78, 5) is 4.65. The minimum atomic E-state index is 0.815. The number of hydrogen-bond donors (Lipinski definition) is 0. The normalized spacial score (nSPS) is 10.9. The number of pyridine rings is 1. The van der Waals surface area contributed by atoms with Crippen molar-refractivity contribution >= 4 is 11.2 Å². The van der Waals surface area contributed by atoms with E-state index in [0.717, 1.165) is 33.8 Å². The lowest BCUT2D eigenvalue weighted by molar-refractivity contribution is 0.412. The van der Waals surface area contributed by atoms with Crippen molar-refractivity contribution in [3.63, 3.8) is 0 Å². The van der Waals surface area contributed by atoms with Gasteiger partial charge in [0.25, 0.3) is 0 Å². The minimum absolute atomic E-state index is 0.815. The van der Waals surface area contributed by atoms with Gasteiger partial charge in [0.2, 0.25) is 0 Å². The van der Waals surface area contributed by atoms with E-state index in [-0.39, 0.29) is 0 Å².